The van der Waals surface area contributed by atoms with Gasteiger partial charge in [-0.05, 0) is 5.92 Å². The average Bonchev–Trinajstić information content (AvgIpc) is 2.44. The van der Waals surface area contributed by atoms with Gasteiger partial charge in [-0.25, -0.2) is 0 Å². The van der Waals surface area contributed by atoms with Gasteiger partial charge in [-0.15, -0.1) is 0 Å². The van der Waals surface area contributed by atoms with E-state index < -0.39 is 0 Å². The minimum atomic E-state index is -0.100. The number of hydrogen-bond acceptors (Lipinski definition) is 3. The second-order valence-corrected chi connectivity index (χ2v) is 4.26. The summed E-state index contributed by atoms with van der Waals surface area (Å²) in [4.78, 5) is 22.8. The van der Waals surface area contributed by atoms with Gasteiger partial charge in [0.15, 0.2) is 0 Å². The summed E-state index contributed by atoms with van der Waals surface area (Å²) in [5.74, 6) is 0.483. The third-order valence-electron chi connectivity index (χ3n) is 3.44. The molecular weight excluding hydrogens is 168 g/mol. The molecular formula is C10H14O3. The molecule has 1 saturated heterocycles. The Labute approximate surface area is 77.4 Å². The molecule has 0 aromatic heterocycles. The Morgan fingerprint density at radius 2 is 2.00 bits per heavy atom. The van der Waals surface area contributed by atoms with E-state index in [1.807, 2.05) is 13.8 Å². The lowest BCUT2D eigenvalue weighted by atomic mass is 9.68. The van der Waals surface area contributed by atoms with Crippen molar-refractivity contribution in [2.24, 2.45) is 23.7 Å². The highest BCUT2D eigenvalue weighted by atomic mass is 16.5. The van der Waals surface area contributed by atoms with Crippen LogP contribution in [-0.2, 0) is 14.3 Å². The summed E-state index contributed by atoms with van der Waals surface area (Å²) in [6.07, 6.45) is 0.539. The van der Waals surface area contributed by atoms with Crippen LogP contribution in [0.1, 0.15) is 20.3 Å². The fourth-order valence-electron chi connectivity index (χ4n) is 2.53. The van der Waals surface area contributed by atoms with E-state index in [1.165, 1.54) is 0 Å². The van der Waals surface area contributed by atoms with Crippen LogP contribution in [-0.4, -0.2) is 18.4 Å². The van der Waals surface area contributed by atoms with Crippen molar-refractivity contribution < 1.29 is 14.3 Å². The fraction of sp³-hybridized carbons (Fsp3) is 0.800. The average molecular weight is 182 g/mol. The molecule has 3 heteroatoms. The molecule has 1 saturated carbocycles. The highest BCUT2D eigenvalue weighted by molar-refractivity contribution is 5.86. The first kappa shape index (κ1) is 8.73. The van der Waals surface area contributed by atoms with Crippen LogP contribution in [0.3, 0.4) is 0 Å². The summed E-state index contributed by atoms with van der Waals surface area (Å²) in [7, 11) is 0. The van der Waals surface area contributed by atoms with Gasteiger partial charge < -0.3 is 4.74 Å². The molecule has 0 bridgehead atoms. The van der Waals surface area contributed by atoms with Crippen LogP contribution in [0.25, 0.3) is 0 Å². The van der Waals surface area contributed by atoms with Crippen LogP contribution in [0, 0.1) is 23.7 Å². The first-order chi connectivity index (χ1) is 6.11. The van der Waals surface area contributed by atoms with E-state index >= 15 is 0 Å². The lowest BCUT2D eigenvalue weighted by Crippen LogP contribution is -2.38. The van der Waals surface area contributed by atoms with E-state index in [2.05, 4.69) is 0 Å². The minimum absolute atomic E-state index is 0.00708. The maximum absolute atomic E-state index is 11.5. The number of cyclic esters (lactones) is 1. The molecule has 0 unspecified atom stereocenters. The van der Waals surface area contributed by atoms with Crippen LogP contribution in [0.5, 0.6) is 0 Å². The van der Waals surface area contributed by atoms with E-state index in [0.717, 1.165) is 0 Å². The maximum Gasteiger partial charge on any atom is 0.309 e. The number of hydrogen-bond donors (Lipinski definition) is 0. The van der Waals surface area contributed by atoms with Gasteiger partial charge in [-0.3, -0.25) is 9.59 Å². The lowest BCUT2D eigenvalue weighted by molar-refractivity contribution is -0.143. The second kappa shape index (κ2) is 2.82. The van der Waals surface area contributed by atoms with E-state index in [0.29, 0.717) is 13.0 Å². The standard InChI is InChI=1S/C10H14O3/c1-5-3-8(11)6(2)7-4-13-10(12)9(5)7/h5-7,9H,3-4H2,1-2H3/t5-,6+,7-,9+/m1/s1. The number of fused-ring (bicyclic) bond motifs is 1. The monoisotopic (exact) mass is 182 g/mol. The van der Waals surface area contributed by atoms with Gasteiger partial charge in [0, 0.05) is 18.3 Å². The van der Waals surface area contributed by atoms with Gasteiger partial charge in [0.25, 0.3) is 0 Å². The number of rotatable bonds is 0. The summed E-state index contributed by atoms with van der Waals surface area (Å²) in [6, 6.07) is 0. The highest BCUT2D eigenvalue weighted by Gasteiger charge is 2.48. The van der Waals surface area contributed by atoms with E-state index in [1.54, 1.807) is 0 Å². The van der Waals surface area contributed by atoms with E-state index in [4.69, 9.17) is 4.74 Å². The summed E-state index contributed by atoms with van der Waals surface area (Å²) in [5.41, 5.74) is 0. The normalized spacial score (nSPS) is 44.5. The molecule has 0 aromatic rings. The molecule has 2 fully saturated rings. The second-order valence-electron chi connectivity index (χ2n) is 4.26. The Morgan fingerprint density at radius 3 is 2.69 bits per heavy atom. The Kier molecular flexibility index (Phi) is 1.90. The van der Waals surface area contributed by atoms with Crippen molar-refractivity contribution in [1.29, 1.82) is 0 Å². The predicted octanol–water partition coefficient (Wildman–Crippen LogP) is 1.02. The van der Waals surface area contributed by atoms with Gasteiger partial charge in [0.05, 0.1) is 12.5 Å². The molecule has 2 rings (SSSR count). The third kappa shape index (κ3) is 1.18. The molecule has 0 N–H and O–H groups in total. The van der Waals surface area contributed by atoms with Crippen molar-refractivity contribution in [2.45, 2.75) is 20.3 Å². The molecule has 1 aliphatic carbocycles. The van der Waals surface area contributed by atoms with Gasteiger partial charge >= 0.3 is 5.97 Å². The fourth-order valence-corrected chi connectivity index (χ4v) is 2.53. The van der Waals surface area contributed by atoms with Crippen molar-refractivity contribution in [3.05, 3.63) is 0 Å². The molecule has 0 spiro atoms. The van der Waals surface area contributed by atoms with Crippen LogP contribution >= 0.6 is 0 Å². The molecule has 0 amide bonds. The maximum atomic E-state index is 11.5. The molecule has 13 heavy (non-hydrogen) atoms. The molecule has 0 radical (unpaired) electrons. The van der Waals surface area contributed by atoms with Gasteiger partial charge in [-0.1, -0.05) is 13.8 Å². The summed E-state index contributed by atoms with van der Waals surface area (Å²) < 4.78 is 5.00. The summed E-state index contributed by atoms with van der Waals surface area (Å²) in [5, 5.41) is 0. The summed E-state index contributed by atoms with van der Waals surface area (Å²) in [6.45, 7) is 4.32. The SMILES string of the molecule is C[C@@H]1CC(=O)[C@@H](C)[C@H]2COC(=O)[C@H]21. The molecule has 3 nitrogen and oxygen atoms in total. The van der Waals surface area contributed by atoms with Crippen LogP contribution in [0.2, 0.25) is 0 Å². The molecule has 4 atom stereocenters. The van der Waals surface area contributed by atoms with Crippen molar-refractivity contribution in [3.8, 4) is 0 Å². The zero-order chi connectivity index (χ0) is 9.59. The Balaban J connectivity index is 2.26. The molecule has 72 valence electrons. The first-order valence-electron chi connectivity index (χ1n) is 4.80. The predicted molar refractivity (Wildman–Crippen MR) is 45.9 cm³/mol. The summed E-state index contributed by atoms with van der Waals surface area (Å²) >= 11 is 0. The number of ketones is 1. The highest BCUT2D eigenvalue weighted by Crippen LogP contribution is 2.41. The molecule has 1 aliphatic heterocycles. The van der Waals surface area contributed by atoms with E-state index in [-0.39, 0.29) is 35.4 Å². The van der Waals surface area contributed by atoms with Crippen molar-refractivity contribution in [2.75, 3.05) is 6.61 Å². The Hall–Kier alpha value is -0.860. The molecule has 1 heterocycles. The van der Waals surface area contributed by atoms with E-state index in [9.17, 15) is 9.59 Å². The van der Waals surface area contributed by atoms with Gasteiger partial charge in [0.2, 0.25) is 0 Å². The molecule has 2 aliphatic rings. The zero-order valence-corrected chi connectivity index (χ0v) is 7.95. The minimum Gasteiger partial charge on any atom is -0.465 e. The van der Waals surface area contributed by atoms with Gasteiger partial charge in [-0.2, -0.15) is 0 Å². The van der Waals surface area contributed by atoms with Crippen molar-refractivity contribution in [3.63, 3.8) is 0 Å². The number of esters is 1. The first-order valence-corrected chi connectivity index (χ1v) is 4.80. The number of ether oxygens (including phenoxy) is 1. The number of carbonyl (C=O) groups excluding carboxylic acids is 2. The Morgan fingerprint density at radius 1 is 1.31 bits per heavy atom. The van der Waals surface area contributed by atoms with Crippen LogP contribution < -0.4 is 0 Å². The number of Topliss-reactive ketones (excluding diaryl/α,β-unsaturated/α-hetero) is 1. The van der Waals surface area contributed by atoms with Gasteiger partial charge in [0.1, 0.15) is 5.78 Å². The smallest absolute Gasteiger partial charge is 0.309 e. The largest absolute Gasteiger partial charge is 0.465 e. The third-order valence-corrected chi connectivity index (χ3v) is 3.44. The topological polar surface area (TPSA) is 43.4 Å². The lowest BCUT2D eigenvalue weighted by Gasteiger charge is -2.31. The molecule has 0 aromatic carbocycles. The number of carbonyl (C=O) groups is 2. The Bertz CT molecular complexity index is 257. The van der Waals surface area contributed by atoms with Crippen molar-refractivity contribution >= 4 is 11.8 Å². The van der Waals surface area contributed by atoms with Crippen LogP contribution in [0.4, 0.5) is 0 Å². The van der Waals surface area contributed by atoms with Crippen molar-refractivity contribution in [1.82, 2.24) is 0 Å². The van der Waals surface area contributed by atoms with Crippen LogP contribution in [0.15, 0.2) is 0 Å². The quantitative estimate of drug-likeness (QED) is 0.525. The zero-order valence-electron chi connectivity index (χ0n) is 7.95.